The largest absolute Gasteiger partial charge is 0.322 e. The average molecular weight is 376 g/mol. The van der Waals surface area contributed by atoms with Gasteiger partial charge in [0.25, 0.3) is 7.37 Å². The fraction of sp³-hybridized carbons (Fsp3) is 0.0870. The molecule has 0 aliphatic rings. The summed E-state index contributed by atoms with van der Waals surface area (Å²) in [5.41, 5.74) is 1.28. The lowest BCUT2D eigenvalue weighted by Crippen LogP contribution is -2.15. The minimum Gasteiger partial charge on any atom is -0.322 e. The number of rotatable bonds is 7. The first-order chi connectivity index (χ1) is 13.1. The van der Waals surface area contributed by atoms with Gasteiger partial charge in [0.1, 0.15) is 0 Å². The number of hydrogen-bond acceptors (Lipinski definition) is 3. The van der Waals surface area contributed by atoms with E-state index in [4.69, 9.17) is 4.52 Å². The molecule has 0 saturated heterocycles. The van der Waals surface area contributed by atoms with Crippen molar-refractivity contribution in [3.63, 3.8) is 0 Å². The molecule has 3 rings (SSSR count). The Balaban J connectivity index is 2.20. The Morgan fingerprint density at radius 3 is 1.93 bits per heavy atom. The summed E-state index contributed by atoms with van der Waals surface area (Å²) in [5, 5.41) is 0.686. The van der Waals surface area contributed by atoms with Crippen LogP contribution in [0.25, 0.3) is 6.08 Å². The monoisotopic (exact) mass is 376 g/mol. The molecule has 4 heteroatoms. The highest BCUT2D eigenvalue weighted by Gasteiger charge is 2.35. The Morgan fingerprint density at radius 1 is 0.852 bits per heavy atom. The maximum Gasteiger partial charge on any atom is 0.265 e. The molecule has 0 heterocycles. The molecule has 0 aromatic heterocycles. The van der Waals surface area contributed by atoms with E-state index in [0.29, 0.717) is 10.9 Å². The Hall–Kier alpha value is -2.74. The summed E-state index contributed by atoms with van der Waals surface area (Å²) in [6.07, 6.45) is 1.68. The van der Waals surface area contributed by atoms with Crippen LogP contribution in [0.5, 0.6) is 0 Å². The fourth-order valence-electron chi connectivity index (χ4n) is 2.82. The van der Waals surface area contributed by atoms with Crippen LogP contribution < -0.4 is 5.30 Å². The first-order valence-electron chi connectivity index (χ1n) is 8.82. The third-order valence-corrected chi connectivity index (χ3v) is 6.66. The molecule has 0 saturated carbocycles. The lowest BCUT2D eigenvalue weighted by Gasteiger charge is -2.21. The fourth-order valence-corrected chi connectivity index (χ4v) is 5.03. The number of allylic oxidation sites excluding steroid dienone is 1. The highest BCUT2D eigenvalue weighted by molar-refractivity contribution is 7.72. The van der Waals surface area contributed by atoms with Crippen LogP contribution in [0.15, 0.2) is 96.3 Å². The van der Waals surface area contributed by atoms with Gasteiger partial charge in [-0.2, -0.15) is 0 Å². The van der Waals surface area contributed by atoms with Crippen molar-refractivity contribution in [1.29, 1.82) is 0 Å². The highest BCUT2D eigenvalue weighted by Crippen LogP contribution is 2.55. The van der Waals surface area contributed by atoms with Gasteiger partial charge in [0.2, 0.25) is 0 Å². The molecule has 3 aromatic rings. The molecule has 27 heavy (non-hydrogen) atoms. The summed E-state index contributed by atoms with van der Waals surface area (Å²) < 4.78 is 19.8. The van der Waals surface area contributed by atoms with Crippen LogP contribution in [-0.4, -0.2) is 12.4 Å². The number of benzene rings is 3. The molecule has 0 fully saturated rings. The molecule has 0 aliphatic heterocycles. The van der Waals surface area contributed by atoms with Crippen LogP contribution >= 0.6 is 7.37 Å². The van der Waals surface area contributed by atoms with E-state index in [0.717, 1.165) is 5.56 Å². The van der Waals surface area contributed by atoms with E-state index in [1.54, 1.807) is 61.5 Å². The van der Waals surface area contributed by atoms with E-state index in [-0.39, 0.29) is 17.7 Å². The quantitative estimate of drug-likeness (QED) is 0.308. The van der Waals surface area contributed by atoms with Gasteiger partial charge in [-0.3, -0.25) is 9.36 Å². The van der Waals surface area contributed by atoms with Gasteiger partial charge in [-0.1, -0.05) is 78.9 Å². The van der Waals surface area contributed by atoms with Crippen LogP contribution in [0, 0.1) is 0 Å². The van der Waals surface area contributed by atoms with Gasteiger partial charge in [-0.15, -0.1) is 0 Å². The smallest absolute Gasteiger partial charge is 0.265 e. The summed E-state index contributed by atoms with van der Waals surface area (Å²) in [4.78, 5) is 13.3. The molecule has 0 amide bonds. The van der Waals surface area contributed by atoms with Gasteiger partial charge < -0.3 is 4.52 Å². The van der Waals surface area contributed by atoms with Crippen molar-refractivity contribution in [3.05, 3.63) is 107 Å². The second-order valence-electron chi connectivity index (χ2n) is 5.94. The number of Topliss-reactive ketones (excluding diaryl/α,β-unsaturated/α-hetero) is 1. The standard InChI is InChI=1S/C23H21O3P/c1-2-26-27(25,21-16-10-5-11-17-21)22(18-19-12-6-3-7-13-19)23(24)20-14-8-4-9-15-20/h3-18H,2H2,1H3. The second kappa shape index (κ2) is 8.77. The van der Waals surface area contributed by atoms with Crippen molar-refractivity contribution in [2.75, 3.05) is 6.61 Å². The van der Waals surface area contributed by atoms with Gasteiger partial charge in [-0.25, -0.2) is 0 Å². The molecule has 1 atom stereocenters. The summed E-state index contributed by atoms with van der Waals surface area (Å²) >= 11 is 0. The van der Waals surface area contributed by atoms with Crippen molar-refractivity contribution in [2.45, 2.75) is 6.92 Å². The van der Waals surface area contributed by atoms with E-state index in [9.17, 15) is 9.36 Å². The van der Waals surface area contributed by atoms with Crippen LogP contribution in [-0.2, 0) is 9.09 Å². The maximum atomic E-state index is 14.0. The number of hydrogen-bond donors (Lipinski definition) is 0. The van der Waals surface area contributed by atoms with Gasteiger partial charge in [0.05, 0.1) is 11.9 Å². The van der Waals surface area contributed by atoms with Crippen LogP contribution in [0.1, 0.15) is 22.8 Å². The molecule has 0 radical (unpaired) electrons. The number of carbonyl (C=O) groups excluding carboxylic acids is 1. The predicted octanol–water partition coefficient (Wildman–Crippen LogP) is 5.55. The predicted molar refractivity (Wildman–Crippen MR) is 111 cm³/mol. The zero-order valence-electron chi connectivity index (χ0n) is 15.1. The molecule has 136 valence electrons. The van der Waals surface area contributed by atoms with Crippen molar-refractivity contribution >= 4 is 24.5 Å². The molecule has 0 aliphatic carbocycles. The third kappa shape index (κ3) is 4.33. The van der Waals surface area contributed by atoms with Crippen LogP contribution in [0.2, 0.25) is 0 Å². The lowest BCUT2D eigenvalue weighted by molar-refractivity contribution is 0.104. The maximum absolute atomic E-state index is 14.0. The Kier molecular flexibility index (Phi) is 6.18. The summed E-state index contributed by atoms with van der Waals surface area (Å²) in [6, 6.07) is 27.2. The van der Waals surface area contributed by atoms with E-state index >= 15 is 0 Å². The zero-order valence-corrected chi connectivity index (χ0v) is 16.0. The van der Waals surface area contributed by atoms with E-state index < -0.39 is 7.37 Å². The van der Waals surface area contributed by atoms with Gasteiger partial charge in [-0.05, 0) is 30.7 Å². The van der Waals surface area contributed by atoms with Crippen molar-refractivity contribution in [1.82, 2.24) is 0 Å². The number of ketones is 1. The molecule has 3 nitrogen and oxygen atoms in total. The first-order valence-corrected chi connectivity index (χ1v) is 10.4. The van der Waals surface area contributed by atoms with Crippen LogP contribution in [0.3, 0.4) is 0 Å². The van der Waals surface area contributed by atoms with E-state index in [2.05, 4.69) is 0 Å². The molecular formula is C23H21O3P. The van der Waals surface area contributed by atoms with Crippen LogP contribution in [0.4, 0.5) is 0 Å². The van der Waals surface area contributed by atoms with E-state index in [1.807, 2.05) is 42.5 Å². The molecule has 3 aromatic carbocycles. The van der Waals surface area contributed by atoms with Gasteiger partial charge in [0.15, 0.2) is 5.78 Å². The summed E-state index contributed by atoms with van der Waals surface area (Å²) in [7, 11) is -3.56. The Labute approximate surface area is 159 Å². The molecular weight excluding hydrogens is 355 g/mol. The topological polar surface area (TPSA) is 43.4 Å². The van der Waals surface area contributed by atoms with Crippen molar-refractivity contribution in [3.8, 4) is 0 Å². The Morgan fingerprint density at radius 2 is 1.37 bits per heavy atom. The van der Waals surface area contributed by atoms with Gasteiger partial charge >= 0.3 is 0 Å². The third-order valence-electron chi connectivity index (χ3n) is 4.10. The highest BCUT2D eigenvalue weighted by atomic mass is 31.2. The SMILES string of the molecule is CCOP(=O)(C(=Cc1ccccc1)C(=O)c1ccccc1)c1ccccc1. The molecule has 0 spiro atoms. The lowest BCUT2D eigenvalue weighted by atomic mass is 10.1. The minimum atomic E-state index is -3.56. The molecule has 1 unspecified atom stereocenters. The first kappa shape index (κ1) is 19.0. The summed E-state index contributed by atoms with van der Waals surface area (Å²) in [6.45, 7) is 2.02. The van der Waals surface area contributed by atoms with Crippen molar-refractivity contribution < 1.29 is 13.9 Å². The molecule has 0 bridgehead atoms. The normalized spacial score (nSPS) is 13.7. The molecule has 0 N–H and O–H groups in total. The van der Waals surface area contributed by atoms with Gasteiger partial charge in [0, 0.05) is 10.9 Å². The second-order valence-corrected chi connectivity index (χ2v) is 8.30. The van der Waals surface area contributed by atoms with Crippen molar-refractivity contribution in [2.24, 2.45) is 0 Å². The minimum absolute atomic E-state index is 0.174. The average Bonchev–Trinajstić information content (AvgIpc) is 2.73. The summed E-state index contributed by atoms with van der Waals surface area (Å²) in [5.74, 6) is -0.292. The number of carbonyl (C=O) groups is 1. The Bertz CT molecular complexity index is 964. The zero-order chi connectivity index (χ0) is 19.1. The van der Waals surface area contributed by atoms with E-state index in [1.165, 1.54) is 0 Å².